The second-order valence-corrected chi connectivity index (χ2v) is 11.9. The fourth-order valence-corrected chi connectivity index (χ4v) is 5.10. The largest absolute Gasteiger partial charge is 0.444 e. The minimum absolute atomic E-state index is 0.137. The number of aliphatic hydroxyl groups is 1. The van der Waals surface area contributed by atoms with E-state index in [-0.39, 0.29) is 18.1 Å². The van der Waals surface area contributed by atoms with Gasteiger partial charge in [0.1, 0.15) is 17.0 Å². The van der Waals surface area contributed by atoms with Crippen LogP contribution in [0.2, 0.25) is 0 Å². The van der Waals surface area contributed by atoms with E-state index in [1.807, 2.05) is 41.5 Å². The Morgan fingerprint density at radius 3 is 2.34 bits per heavy atom. The molecule has 35 heavy (non-hydrogen) atoms. The predicted octanol–water partition coefficient (Wildman–Crippen LogP) is 5.66. The zero-order valence-electron chi connectivity index (χ0n) is 21.9. The van der Waals surface area contributed by atoms with Crippen molar-refractivity contribution in [2.24, 2.45) is 5.92 Å². The minimum atomic E-state index is -1.02. The van der Waals surface area contributed by atoms with Gasteiger partial charge >= 0.3 is 12.2 Å². The van der Waals surface area contributed by atoms with Crippen LogP contribution >= 0.6 is 0 Å². The quantitative estimate of drug-likeness (QED) is 0.586. The highest BCUT2D eigenvalue weighted by Crippen LogP contribution is 2.38. The molecule has 0 spiro atoms. The third-order valence-electron chi connectivity index (χ3n) is 6.48. The molecule has 2 fully saturated rings. The molecule has 2 aliphatic rings. The van der Waals surface area contributed by atoms with Gasteiger partial charge < -0.3 is 19.5 Å². The van der Waals surface area contributed by atoms with Gasteiger partial charge in [0.05, 0.1) is 12.1 Å². The summed E-state index contributed by atoms with van der Waals surface area (Å²) in [5.41, 5.74) is -0.793. The van der Waals surface area contributed by atoms with Crippen LogP contribution in [0.25, 0.3) is 0 Å². The number of hydrogen-bond donors (Lipinski definition) is 1. The van der Waals surface area contributed by atoms with E-state index in [0.29, 0.717) is 37.9 Å². The Kier molecular flexibility index (Phi) is 8.35. The molecule has 0 aliphatic carbocycles. The molecular formula is C27H41FN2O5. The molecule has 2 saturated heterocycles. The van der Waals surface area contributed by atoms with Gasteiger partial charge in [0.15, 0.2) is 0 Å². The zero-order valence-corrected chi connectivity index (χ0v) is 21.9. The van der Waals surface area contributed by atoms with Gasteiger partial charge in [-0.25, -0.2) is 14.0 Å². The SMILES string of the molecule is CC(C)(C)OC(=O)N1CCC[C@H](C[C@@H]2CC[C@H]([C@H](O)c3cccc(F)c3)N2C(=O)OC(C)(C)C)C1. The van der Waals surface area contributed by atoms with E-state index < -0.39 is 35.3 Å². The summed E-state index contributed by atoms with van der Waals surface area (Å²) in [6.45, 7) is 12.2. The Bertz CT molecular complexity index is 894. The number of ether oxygens (including phenoxy) is 2. The van der Waals surface area contributed by atoms with E-state index >= 15 is 0 Å². The number of benzene rings is 1. The molecule has 3 rings (SSSR count). The van der Waals surface area contributed by atoms with Crippen LogP contribution in [0.15, 0.2) is 24.3 Å². The maximum atomic E-state index is 13.8. The van der Waals surface area contributed by atoms with Crippen LogP contribution in [0.3, 0.4) is 0 Å². The number of halogens is 1. The van der Waals surface area contributed by atoms with E-state index in [2.05, 4.69) is 0 Å². The van der Waals surface area contributed by atoms with Crippen molar-refractivity contribution in [1.82, 2.24) is 9.80 Å². The van der Waals surface area contributed by atoms with Crippen LogP contribution in [0.1, 0.15) is 85.3 Å². The highest BCUT2D eigenvalue weighted by atomic mass is 19.1. The third kappa shape index (κ3) is 7.56. The number of amides is 2. The molecule has 0 radical (unpaired) electrons. The lowest BCUT2D eigenvalue weighted by molar-refractivity contribution is -0.00991. The Balaban J connectivity index is 1.75. The topological polar surface area (TPSA) is 79.3 Å². The first-order valence-corrected chi connectivity index (χ1v) is 12.7. The summed E-state index contributed by atoms with van der Waals surface area (Å²) in [6.07, 6.45) is 2.02. The van der Waals surface area contributed by atoms with Gasteiger partial charge in [-0.05, 0) is 97.3 Å². The molecule has 1 aromatic carbocycles. The Labute approximate surface area is 208 Å². The Hall–Kier alpha value is -2.35. The summed E-state index contributed by atoms with van der Waals surface area (Å²) in [6, 6.07) is 5.23. The van der Waals surface area contributed by atoms with Crippen LogP contribution in [0.4, 0.5) is 14.0 Å². The number of piperidine rings is 1. The van der Waals surface area contributed by atoms with Gasteiger partial charge in [-0.3, -0.25) is 4.90 Å². The number of nitrogens with zero attached hydrogens (tertiary/aromatic N) is 2. The molecule has 2 aliphatic heterocycles. The summed E-state index contributed by atoms with van der Waals surface area (Å²) < 4.78 is 25.1. The molecule has 7 nitrogen and oxygen atoms in total. The normalized spacial score (nSPS) is 24.3. The van der Waals surface area contributed by atoms with Crippen LogP contribution < -0.4 is 0 Å². The number of carbonyl (C=O) groups is 2. The number of likely N-dealkylation sites (tertiary alicyclic amines) is 2. The molecule has 196 valence electrons. The highest BCUT2D eigenvalue weighted by Gasteiger charge is 2.44. The molecule has 0 unspecified atom stereocenters. The first-order valence-electron chi connectivity index (χ1n) is 12.7. The maximum absolute atomic E-state index is 13.8. The first kappa shape index (κ1) is 27.2. The number of carbonyl (C=O) groups excluding carboxylic acids is 2. The van der Waals surface area contributed by atoms with Crippen LogP contribution in [0, 0.1) is 11.7 Å². The molecule has 0 aromatic heterocycles. The van der Waals surface area contributed by atoms with E-state index in [1.165, 1.54) is 12.1 Å². The van der Waals surface area contributed by atoms with Crippen molar-refractivity contribution in [1.29, 1.82) is 0 Å². The van der Waals surface area contributed by atoms with E-state index in [1.54, 1.807) is 21.9 Å². The zero-order chi connectivity index (χ0) is 26.0. The highest BCUT2D eigenvalue weighted by molar-refractivity contribution is 5.70. The Morgan fingerprint density at radius 1 is 1.06 bits per heavy atom. The van der Waals surface area contributed by atoms with Crippen molar-refractivity contribution in [3.8, 4) is 0 Å². The molecule has 8 heteroatoms. The van der Waals surface area contributed by atoms with E-state index in [9.17, 15) is 19.1 Å². The summed E-state index contributed by atoms with van der Waals surface area (Å²) in [5, 5.41) is 11.1. The number of aliphatic hydroxyl groups excluding tert-OH is 1. The lowest BCUT2D eigenvalue weighted by Gasteiger charge is -2.38. The van der Waals surface area contributed by atoms with Gasteiger partial charge in [-0.2, -0.15) is 0 Å². The van der Waals surface area contributed by atoms with Gasteiger partial charge in [-0.15, -0.1) is 0 Å². The molecule has 0 bridgehead atoms. The second-order valence-electron chi connectivity index (χ2n) is 11.9. The maximum Gasteiger partial charge on any atom is 0.410 e. The van der Waals surface area contributed by atoms with Crippen LogP contribution in [-0.2, 0) is 9.47 Å². The van der Waals surface area contributed by atoms with Crippen molar-refractivity contribution in [2.45, 2.75) is 103 Å². The van der Waals surface area contributed by atoms with Gasteiger partial charge in [0.2, 0.25) is 0 Å². The average molecular weight is 493 g/mol. The van der Waals surface area contributed by atoms with Crippen LogP contribution in [-0.4, -0.2) is 63.5 Å². The summed E-state index contributed by atoms with van der Waals surface area (Å²) in [5.74, 6) is -0.222. The lowest BCUT2D eigenvalue weighted by atomic mass is 9.90. The number of rotatable bonds is 4. The Morgan fingerprint density at radius 2 is 1.71 bits per heavy atom. The lowest BCUT2D eigenvalue weighted by Crippen LogP contribution is -2.48. The third-order valence-corrected chi connectivity index (χ3v) is 6.48. The fraction of sp³-hybridized carbons (Fsp3) is 0.704. The van der Waals surface area contributed by atoms with Crippen LogP contribution in [0.5, 0.6) is 0 Å². The summed E-state index contributed by atoms with van der Waals surface area (Å²) in [7, 11) is 0. The molecule has 1 aromatic rings. The number of hydrogen-bond acceptors (Lipinski definition) is 5. The van der Waals surface area contributed by atoms with E-state index in [0.717, 1.165) is 12.8 Å². The smallest absolute Gasteiger partial charge is 0.410 e. The predicted molar refractivity (Wildman–Crippen MR) is 131 cm³/mol. The standard InChI is InChI=1S/C27H41FN2O5/c1-26(2,3)34-24(32)29-14-8-9-18(17-29)15-21-12-13-22(30(21)25(33)35-27(4,5)6)23(31)19-10-7-11-20(28)16-19/h7,10-11,16,18,21-23,31H,8-9,12-15,17H2,1-6H3/t18-,21+,22-,23-/m1/s1. The van der Waals surface area contributed by atoms with Crippen molar-refractivity contribution >= 4 is 12.2 Å². The van der Waals surface area contributed by atoms with E-state index in [4.69, 9.17) is 9.47 Å². The van der Waals surface area contributed by atoms with Gasteiger partial charge in [-0.1, -0.05) is 12.1 Å². The first-order chi connectivity index (χ1) is 16.2. The monoisotopic (exact) mass is 492 g/mol. The fourth-order valence-electron chi connectivity index (χ4n) is 5.10. The summed E-state index contributed by atoms with van der Waals surface area (Å²) in [4.78, 5) is 29.3. The molecule has 2 amide bonds. The minimum Gasteiger partial charge on any atom is -0.444 e. The van der Waals surface area contributed by atoms with Crippen molar-refractivity contribution in [2.75, 3.05) is 13.1 Å². The van der Waals surface area contributed by atoms with Crippen molar-refractivity contribution in [3.05, 3.63) is 35.6 Å². The molecule has 1 N–H and O–H groups in total. The van der Waals surface area contributed by atoms with Gasteiger partial charge in [0, 0.05) is 19.1 Å². The van der Waals surface area contributed by atoms with Gasteiger partial charge in [0.25, 0.3) is 0 Å². The van der Waals surface area contributed by atoms with Crippen molar-refractivity contribution < 1.29 is 28.6 Å². The average Bonchev–Trinajstić information content (AvgIpc) is 3.14. The van der Waals surface area contributed by atoms with Crippen molar-refractivity contribution in [3.63, 3.8) is 0 Å². The molecule has 4 atom stereocenters. The molecular weight excluding hydrogens is 451 g/mol. The second kappa shape index (κ2) is 10.7. The molecule has 2 heterocycles. The molecule has 0 saturated carbocycles. The summed E-state index contributed by atoms with van der Waals surface area (Å²) >= 11 is 0.